The number of pyridine rings is 1. The van der Waals surface area contributed by atoms with Gasteiger partial charge in [-0.15, -0.1) is 22.7 Å². The number of aliphatic hydroxyl groups is 1. The number of carbonyl (C=O) groups excluding carboxylic acids is 4. The third-order valence-corrected chi connectivity index (χ3v) is 25.6. The number of fused-ring (bicyclic) bond motifs is 1. The summed E-state index contributed by atoms with van der Waals surface area (Å²) in [5.74, 6) is 5.04. The number of thioether (sulfide) groups is 1. The van der Waals surface area contributed by atoms with Crippen molar-refractivity contribution in [3.63, 3.8) is 0 Å². The number of alkyl carbamates (subject to hydrolysis) is 1. The van der Waals surface area contributed by atoms with Gasteiger partial charge >= 0.3 is 12.1 Å². The molecule has 0 fully saturated rings. The first kappa shape index (κ1) is 101. The summed E-state index contributed by atoms with van der Waals surface area (Å²) >= 11 is 4.40. The van der Waals surface area contributed by atoms with E-state index in [0.717, 1.165) is 120 Å². The van der Waals surface area contributed by atoms with Crippen molar-refractivity contribution in [1.29, 1.82) is 0 Å². The molecule has 0 aliphatic rings. The number of aromatic nitrogens is 14. The number of para-hydroxylation sites is 1. The molecule has 2 amide bonds. The first-order valence-electron chi connectivity index (χ1n) is 44.2. The number of likely N-dealkylation sites (N-methyl/N-ethyl adjacent to an activating group) is 1. The number of methoxy groups -OCH3 is 1. The molecule has 16 rings (SSSR count). The van der Waals surface area contributed by atoms with Gasteiger partial charge in [0.15, 0.2) is 16.8 Å². The van der Waals surface area contributed by atoms with Crippen LogP contribution >= 0.6 is 34.4 Å². The van der Waals surface area contributed by atoms with Gasteiger partial charge in [-0.05, 0) is 186 Å². The maximum atomic E-state index is 12.4. The molecule has 4 N–H and O–H groups in total. The van der Waals surface area contributed by atoms with Crippen LogP contribution in [0.1, 0.15) is 188 Å². The van der Waals surface area contributed by atoms with Crippen molar-refractivity contribution in [2.45, 2.75) is 187 Å². The van der Waals surface area contributed by atoms with Crippen LogP contribution in [0.25, 0.3) is 50.1 Å². The smallest absolute Gasteiger partial charge is 0.408 e. The zero-order valence-corrected chi connectivity index (χ0v) is 81.5. The third-order valence-electron chi connectivity index (χ3n) is 21.1. The maximum absolute atomic E-state index is 12.4. The highest BCUT2D eigenvalue weighted by Crippen LogP contribution is 2.37. The number of Topliss-reactive ketones (excluding diaryl/α,β-unsaturated/α-hetero) is 1. The van der Waals surface area contributed by atoms with Crippen molar-refractivity contribution in [3.05, 3.63) is 308 Å². The zero-order chi connectivity index (χ0) is 96.9. The summed E-state index contributed by atoms with van der Waals surface area (Å²) in [4.78, 5) is 84.2. The summed E-state index contributed by atoms with van der Waals surface area (Å²) < 4.78 is 71.6. The van der Waals surface area contributed by atoms with Crippen LogP contribution in [-0.2, 0) is 73.5 Å². The second kappa shape index (κ2) is 48.4. The molecule has 0 aliphatic carbocycles. The van der Waals surface area contributed by atoms with E-state index in [1.165, 1.54) is 29.2 Å². The maximum Gasteiger partial charge on any atom is 0.408 e. The van der Waals surface area contributed by atoms with Crippen LogP contribution in [0, 0.1) is 40.5 Å². The SMILES string of the molecule is CC(C)CC(NC(=O)OC(C)(C)C)c1noc(Cc2c[nH]c3ccccc23)n1.CC(c1ccccc1)C(C)(O)c1nc(-c2ccc(OCc3cccnc3)cc2)no1.COC(=O)c1sccc1S(=O)(=O)NCCCCCc1nc(-c2ccc(C)cc2)no1.Cc1ccc(C)c(CC(=O)C(=O)N(C)Cc2noc(C)n2)c1.Cc1cccc(-n2ccnc2SCCCc2nc(-c3cccs3)no2)c1. The van der Waals surface area contributed by atoms with Crippen LogP contribution < -0.4 is 14.8 Å². The minimum Gasteiger partial charge on any atom is -0.489 e. The lowest BCUT2D eigenvalue weighted by molar-refractivity contribution is -0.143. The lowest BCUT2D eigenvalue weighted by Crippen LogP contribution is -2.35. The molecule has 0 bridgehead atoms. The van der Waals surface area contributed by atoms with Crippen LogP contribution in [0.3, 0.4) is 0 Å². The molecule has 0 saturated carbocycles. The predicted octanol–water partition coefficient (Wildman–Crippen LogP) is 19.8. The van der Waals surface area contributed by atoms with Crippen molar-refractivity contribution in [2.24, 2.45) is 5.92 Å². The molecule has 0 aliphatic heterocycles. The zero-order valence-electron chi connectivity index (χ0n) is 78.3. The number of nitrogens with zero attached hydrogens (tertiary/aromatic N) is 14. The van der Waals surface area contributed by atoms with Gasteiger partial charge in [-0.1, -0.05) is 191 Å². The number of ketones is 1. The number of rotatable bonds is 35. The summed E-state index contributed by atoms with van der Waals surface area (Å²) in [6.07, 6.45) is 14.7. The lowest BCUT2D eigenvalue weighted by atomic mass is 9.85. The molecular formula is C100H111N17O15S4. The summed E-state index contributed by atoms with van der Waals surface area (Å²) in [6, 6.07) is 56.4. The van der Waals surface area contributed by atoms with Crippen molar-refractivity contribution < 1.29 is 69.5 Å². The fraction of sp³-hybridized carbons (Fsp3) is 0.320. The number of imidazole rings is 1. The first-order chi connectivity index (χ1) is 65.3. The molecule has 0 spiro atoms. The number of amides is 2. The number of hydrogen-bond acceptors (Lipinski definition) is 30. The van der Waals surface area contributed by atoms with E-state index in [0.29, 0.717) is 90.9 Å². The number of aryl methyl sites for hydroxylation is 7. The average molecular weight is 1920 g/mol. The number of esters is 1. The van der Waals surface area contributed by atoms with Crippen molar-refractivity contribution >= 4 is 79.1 Å². The Labute approximate surface area is 801 Å². The molecule has 3 unspecified atom stereocenters. The Morgan fingerprint density at radius 3 is 2.06 bits per heavy atom. The summed E-state index contributed by atoms with van der Waals surface area (Å²) in [6.45, 7) is 23.8. The molecule has 6 aromatic carbocycles. The van der Waals surface area contributed by atoms with Crippen LogP contribution in [0.2, 0.25) is 0 Å². The van der Waals surface area contributed by atoms with Gasteiger partial charge in [-0.2, -0.15) is 24.9 Å². The first-order valence-corrected chi connectivity index (χ1v) is 48.4. The van der Waals surface area contributed by atoms with Crippen molar-refractivity contribution in [3.8, 4) is 44.9 Å². The van der Waals surface area contributed by atoms with Crippen LogP contribution in [-0.4, -0.2) is 144 Å². The Kier molecular flexibility index (Phi) is 36.0. The number of unbranched alkanes of at least 4 members (excludes halogenated alkanes) is 2. The Morgan fingerprint density at radius 2 is 1.35 bits per heavy atom. The van der Waals surface area contributed by atoms with Gasteiger partial charge in [0, 0.05) is 116 Å². The number of sulfonamides is 1. The topological polar surface area (TPSA) is 419 Å². The molecule has 0 saturated heterocycles. The Balaban J connectivity index is 0.000000153. The number of aromatic amines is 1. The van der Waals surface area contributed by atoms with Gasteiger partial charge in [0.25, 0.3) is 11.8 Å². The Hall–Kier alpha value is -13.8. The highest BCUT2D eigenvalue weighted by Gasteiger charge is 2.38. The van der Waals surface area contributed by atoms with Crippen LogP contribution in [0.4, 0.5) is 4.79 Å². The van der Waals surface area contributed by atoms with E-state index in [9.17, 15) is 32.7 Å². The van der Waals surface area contributed by atoms with E-state index in [1.807, 2.05) is 212 Å². The quantitative estimate of drug-likeness (QED) is 0.0124. The molecule has 36 heteroatoms. The van der Waals surface area contributed by atoms with E-state index >= 15 is 0 Å². The number of carbonyl (C=O) groups is 4. The number of nitrogens with one attached hydrogen (secondary N) is 3. The number of thiophene rings is 2. The van der Waals surface area contributed by atoms with Gasteiger partial charge in [-0.3, -0.25) is 19.1 Å². The summed E-state index contributed by atoms with van der Waals surface area (Å²) in [5.41, 5.74) is 10.5. The molecule has 32 nitrogen and oxygen atoms in total. The van der Waals surface area contributed by atoms with Gasteiger partial charge in [0.2, 0.25) is 56.8 Å². The fourth-order valence-corrected chi connectivity index (χ4v) is 17.7. The monoisotopic (exact) mass is 1920 g/mol. The predicted molar refractivity (Wildman–Crippen MR) is 518 cm³/mol. The molecule has 710 valence electrons. The van der Waals surface area contributed by atoms with Gasteiger partial charge in [-0.25, -0.2) is 27.7 Å². The van der Waals surface area contributed by atoms with Gasteiger partial charge in [0.1, 0.15) is 33.3 Å². The minimum atomic E-state index is -3.75. The van der Waals surface area contributed by atoms with E-state index < -0.39 is 45.0 Å². The molecule has 16 aromatic rings. The second-order valence-electron chi connectivity index (χ2n) is 33.8. The number of ether oxygens (including phenoxy) is 3. The van der Waals surface area contributed by atoms with E-state index in [-0.39, 0.29) is 47.1 Å². The second-order valence-corrected chi connectivity index (χ2v) is 38.4. The average Bonchev–Trinajstić information content (AvgIpc) is 1.84. The number of benzene rings is 6. The molecule has 10 heterocycles. The van der Waals surface area contributed by atoms with E-state index in [4.69, 9.17) is 32.1 Å². The van der Waals surface area contributed by atoms with Crippen LogP contribution in [0.5, 0.6) is 5.75 Å². The van der Waals surface area contributed by atoms with Crippen molar-refractivity contribution in [2.75, 3.05) is 26.5 Å². The molecule has 10 aromatic heterocycles. The lowest BCUT2D eigenvalue weighted by Gasteiger charge is -2.26. The molecule has 3 atom stereocenters. The third kappa shape index (κ3) is 29.6. The summed E-state index contributed by atoms with van der Waals surface area (Å²) in [5, 5.41) is 39.6. The normalized spacial score (nSPS) is 12.2. The van der Waals surface area contributed by atoms with Crippen molar-refractivity contribution in [1.82, 2.24) is 85.2 Å². The number of H-pyrrole nitrogens is 1. The fourth-order valence-electron chi connectivity index (χ4n) is 13.8. The Morgan fingerprint density at radius 1 is 0.654 bits per heavy atom. The molecule has 0 radical (unpaired) electrons. The number of hydrogen-bond donors (Lipinski definition) is 4. The largest absolute Gasteiger partial charge is 0.489 e. The van der Waals surface area contributed by atoms with E-state index in [2.05, 4.69) is 136 Å². The minimum absolute atomic E-state index is 0.0474. The van der Waals surface area contributed by atoms with Crippen LogP contribution in [0.15, 0.2) is 250 Å². The highest BCUT2D eigenvalue weighted by molar-refractivity contribution is 7.99. The summed E-state index contributed by atoms with van der Waals surface area (Å²) in [7, 11) is -0.982. The standard InChI is InChI=1S/C24H23N3O3.C21H28N4O3.C20H23N3O5S2.C19H18N4OS2.C16H19N3O3/c1-17(19-8-4-3-5-9-19)24(2,28)23-26-22(27-30-23)20-10-12-21(13-11-20)29-16-18-7-6-14-25-15-18;1-13(2)10-17(23-20(26)27-21(3,4)5)19-24-18(28-25-19)11-14-12-22-16-9-7-6-8-15(14)16;1-14-7-9-15(10-8-14)19-22-17(28-23-19)6-4-3-5-12-21-30(25,26)16-11-13-29-18(16)20(24)27-2;1-14-5-2-6-15(13-14)23-10-9-20-19(23)26-12-4-8-17-21-18(22-24-17)16-7-3-11-25-16;1-10-5-6-11(2)13(7-10)8-14(20)16(21)19(4)9-15-17-12(3)22-18-15/h3-15,17,28H,16H2,1-2H3;6-9,12-13,17,22H,10-11H2,1-5H3,(H,23,26);7-11,13,21H,3-6,12H2,1-2H3;2-3,5-7,9-11,13H,4,8,12H2,1H3;5-7H,8-9H2,1-4H3. The van der Waals surface area contributed by atoms with Gasteiger partial charge in [0.05, 0.1) is 31.0 Å². The highest BCUT2D eigenvalue weighted by atomic mass is 32.2. The van der Waals surface area contributed by atoms with E-state index in [1.54, 1.807) is 61.8 Å². The molecule has 136 heavy (non-hydrogen) atoms. The molecular weight excluding hydrogens is 1810 g/mol. The van der Waals surface area contributed by atoms with Gasteiger partial charge < -0.3 is 57.1 Å². The Bertz CT molecular complexity index is 6620.